The van der Waals surface area contributed by atoms with Gasteiger partial charge in [-0.3, -0.25) is 4.79 Å². The Morgan fingerprint density at radius 3 is 2.80 bits per heavy atom. The quantitative estimate of drug-likeness (QED) is 0.523. The molecule has 0 fully saturated rings. The molecule has 1 aromatic rings. The fraction of sp³-hybridized carbons (Fsp3) is 0.500. The van der Waals surface area contributed by atoms with Gasteiger partial charge in [0.05, 0.1) is 6.61 Å². The average Bonchev–Trinajstić information content (AvgIpc) is 2.73. The third-order valence-corrected chi connectivity index (χ3v) is 4.07. The predicted octanol–water partition coefficient (Wildman–Crippen LogP) is 0.864. The first kappa shape index (κ1) is 16.4. The van der Waals surface area contributed by atoms with E-state index in [1.54, 1.807) is 13.8 Å². The molecule has 0 aromatic carbocycles. The Morgan fingerprint density at radius 1 is 1.60 bits per heavy atom. The maximum absolute atomic E-state index is 12.2. The van der Waals surface area contributed by atoms with Crippen LogP contribution in [0.25, 0.3) is 0 Å². The van der Waals surface area contributed by atoms with Crippen molar-refractivity contribution in [3.63, 3.8) is 0 Å². The number of carbonyl (C=O) groups excluding carboxylic acids is 1. The first-order valence-electron chi connectivity index (χ1n) is 6.05. The summed E-state index contributed by atoms with van der Waals surface area (Å²) in [5, 5.41) is 3.64. The summed E-state index contributed by atoms with van der Waals surface area (Å²) in [6, 6.07) is 1.54. The summed E-state index contributed by atoms with van der Waals surface area (Å²) in [7, 11) is -3.70. The van der Waals surface area contributed by atoms with E-state index in [1.807, 2.05) is 0 Å². The molecule has 0 radical (unpaired) electrons. The van der Waals surface area contributed by atoms with Gasteiger partial charge in [0.25, 0.3) is 0 Å². The number of aryl methyl sites for hydroxylation is 1. The molecule has 0 atom stereocenters. The molecule has 0 amide bonds. The standard InChI is InChI=1S/C12H18N2O5S/c1-4-6-14(8-12(15)18-5-2)20(16,17)9-11-7-10(3)19-13-11/h4,7H,1,5-6,8-9H2,2-3H3. The van der Waals surface area contributed by atoms with Crippen LogP contribution >= 0.6 is 0 Å². The Morgan fingerprint density at radius 2 is 2.30 bits per heavy atom. The van der Waals surface area contributed by atoms with Crippen molar-refractivity contribution in [1.82, 2.24) is 9.46 Å². The second-order valence-electron chi connectivity index (χ2n) is 4.07. The van der Waals surface area contributed by atoms with Crippen molar-refractivity contribution in [3.05, 3.63) is 30.2 Å². The first-order chi connectivity index (χ1) is 9.39. The Kier molecular flexibility index (Phi) is 5.90. The maximum atomic E-state index is 12.2. The van der Waals surface area contributed by atoms with Crippen LogP contribution in [0.5, 0.6) is 0 Å². The number of ether oxygens (including phenoxy) is 1. The predicted molar refractivity (Wildman–Crippen MR) is 72.3 cm³/mol. The number of nitrogens with zero attached hydrogens (tertiary/aromatic N) is 2. The first-order valence-corrected chi connectivity index (χ1v) is 7.66. The van der Waals surface area contributed by atoms with Gasteiger partial charge in [0.2, 0.25) is 10.0 Å². The second kappa shape index (κ2) is 7.20. The third-order valence-electron chi connectivity index (χ3n) is 2.34. The van der Waals surface area contributed by atoms with E-state index >= 15 is 0 Å². The van der Waals surface area contributed by atoms with Crippen LogP contribution in [-0.4, -0.2) is 43.5 Å². The van der Waals surface area contributed by atoms with Crippen LogP contribution in [0, 0.1) is 6.92 Å². The van der Waals surface area contributed by atoms with Gasteiger partial charge in [0.1, 0.15) is 23.8 Å². The highest BCUT2D eigenvalue weighted by Gasteiger charge is 2.25. The molecule has 1 rings (SSSR count). The van der Waals surface area contributed by atoms with Gasteiger partial charge < -0.3 is 9.26 Å². The molecule has 7 nitrogen and oxygen atoms in total. The van der Waals surface area contributed by atoms with Crippen LogP contribution in [0.2, 0.25) is 0 Å². The van der Waals surface area contributed by atoms with Gasteiger partial charge in [-0.2, -0.15) is 4.31 Å². The summed E-state index contributed by atoms with van der Waals surface area (Å²) in [5.41, 5.74) is 0.292. The maximum Gasteiger partial charge on any atom is 0.321 e. The Bertz CT molecular complexity index is 564. The molecule has 0 unspecified atom stereocenters. The Hall–Kier alpha value is -1.67. The normalized spacial score (nSPS) is 11.6. The van der Waals surface area contributed by atoms with Crippen molar-refractivity contribution >= 4 is 16.0 Å². The van der Waals surface area contributed by atoms with Gasteiger partial charge in [-0.15, -0.1) is 6.58 Å². The zero-order valence-electron chi connectivity index (χ0n) is 11.5. The minimum atomic E-state index is -3.70. The van der Waals surface area contributed by atoms with E-state index in [4.69, 9.17) is 9.26 Å². The van der Waals surface area contributed by atoms with Crippen molar-refractivity contribution in [2.75, 3.05) is 19.7 Å². The summed E-state index contributed by atoms with van der Waals surface area (Å²) in [6.07, 6.45) is 1.41. The third kappa shape index (κ3) is 4.78. The summed E-state index contributed by atoms with van der Waals surface area (Å²) in [5.74, 6) is -0.414. The zero-order valence-corrected chi connectivity index (χ0v) is 12.4. The fourth-order valence-corrected chi connectivity index (χ4v) is 2.86. The van der Waals surface area contributed by atoms with E-state index in [-0.39, 0.29) is 25.4 Å². The lowest BCUT2D eigenvalue weighted by atomic mass is 10.4. The van der Waals surface area contributed by atoms with Gasteiger partial charge in [-0.25, -0.2) is 8.42 Å². The molecule has 0 aliphatic rings. The van der Waals surface area contributed by atoms with E-state index in [2.05, 4.69) is 11.7 Å². The van der Waals surface area contributed by atoms with Crippen LogP contribution in [-0.2, 0) is 25.3 Å². The number of rotatable bonds is 8. The largest absolute Gasteiger partial charge is 0.465 e. The molecule has 20 heavy (non-hydrogen) atoms. The van der Waals surface area contributed by atoms with E-state index in [9.17, 15) is 13.2 Å². The number of hydrogen-bond acceptors (Lipinski definition) is 6. The molecule has 8 heteroatoms. The van der Waals surface area contributed by atoms with Gasteiger partial charge >= 0.3 is 5.97 Å². The van der Waals surface area contributed by atoms with Crippen molar-refractivity contribution < 1.29 is 22.5 Å². The van der Waals surface area contributed by atoms with Gasteiger partial charge in [0.15, 0.2) is 0 Å². The van der Waals surface area contributed by atoms with Gasteiger partial charge in [-0.1, -0.05) is 11.2 Å². The summed E-state index contributed by atoms with van der Waals surface area (Å²) >= 11 is 0. The summed E-state index contributed by atoms with van der Waals surface area (Å²) in [6.45, 7) is 6.69. The Balaban J connectivity index is 2.82. The molecule has 112 valence electrons. The van der Waals surface area contributed by atoms with E-state index in [0.29, 0.717) is 11.5 Å². The van der Waals surface area contributed by atoms with E-state index in [1.165, 1.54) is 12.1 Å². The molecular weight excluding hydrogens is 284 g/mol. The lowest BCUT2D eigenvalue weighted by Gasteiger charge is -2.18. The molecule has 0 aliphatic carbocycles. The minimum Gasteiger partial charge on any atom is -0.465 e. The highest BCUT2D eigenvalue weighted by molar-refractivity contribution is 7.88. The van der Waals surface area contributed by atoms with E-state index < -0.39 is 16.0 Å². The molecular formula is C12H18N2O5S. The Labute approximate surface area is 118 Å². The molecule has 1 aromatic heterocycles. The van der Waals surface area contributed by atoms with Crippen molar-refractivity contribution in [3.8, 4) is 0 Å². The van der Waals surface area contributed by atoms with Gasteiger partial charge in [-0.05, 0) is 13.8 Å². The highest BCUT2D eigenvalue weighted by Crippen LogP contribution is 2.11. The van der Waals surface area contributed by atoms with Crippen molar-refractivity contribution in [1.29, 1.82) is 0 Å². The van der Waals surface area contributed by atoms with Crippen molar-refractivity contribution in [2.24, 2.45) is 0 Å². The fourth-order valence-electron chi connectivity index (χ4n) is 1.54. The van der Waals surface area contributed by atoms with Crippen LogP contribution in [0.1, 0.15) is 18.4 Å². The number of esters is 1. The zero-order chi connectivity index (χ0) is 15.2. The minimum absolute atomic E-state index is 0.0258. The SMILES string of the molecule is C=CCN(CC(=O)OCC)S(=O)(=O)Cc1cc(C)on1. The molecule has 0 spiro atoms. The van der Waals surface area contributed by atoms with E-state index in [0.717, 1.165) is 4.31 Å². The molecule has 0 N–H and O–H groups in total. The van der Waals surface area contributed by atoms with Crippen LogP contribution in [0.15, 0.2) is 23.2 Å². The van der Waals surface area contributed by atoms with Crippen LogP contribution < -0.4 is 0 Å². The topological polar surface area (TPSA) is 89.7 Å². The highest BCUT2D eigenvalue weighted by atomic mass is 32.2. The lowest BCUT2D eigenvalue weighted by Crippen LogP contribution is -2.37. The number of aromatic nitrogens is 1. The molecule has 1 heterocycles. The number of hydrogen-bond donors (Lipinski definition) is 0. The van der Waals surface area contributed by atoms with Crippen LogP contribution in [0.4, 0.5) is 0 Å². The average molecular weight is 302 g/mol. The second-order valence-corrected chi connectivity index (χ2v) is 6.04. The number of carbonyl (C=O) groups is 1. The molecule has 0 aliphatic heterocycles. The van der Waals surface area contributed by atoms with Crippen molar-refractivity contribution in [2.45, 2.75) is 19.6 Å². The molecule has 0 saturated carbocycles. The monoisotopic (exact) mass is 302 g/mol. The number of sulfonamides is 1. The molecule has 0 saturated heterocycles. The summed E-state index contributed by atoms with van der Waals surface area (Å²) < 4.78 is 35.0. The molecule has 0 bridgehead atoms. The van der Waals surface area contributed by atoms with Crippen LogP contribution in [0.3, 0.4) is 0 Å². The lowest BCUT2D eigenvalue weighted by molar-refractivity contribution is -0.143. The van der Waals surface area contributed by atoms with Gasteiger partial charge in [0, 0.05) is 12.6 Å². The summed E-state index contributed by atoms with van der Waals surface area (Å²) in [4.78, 5) is 11.4. The smallest absolute Gasteiger partial charge is 0.321 e.